The molecule has 8 heteroatoms. The summed E-state index contributed by atoms with van der Waals surface area (Å²) >= 11 is 0. The maximum absolute atomic E-state index is 12.4. The summed E-state index contributed by atoms with van der Waals surface area (Å²) in [6.07, 6.45) is 0.346. The van der Waals surface area contributed by atoms with E-state index < -0.39 is 11.7 Å². The van der Waals surface area contributed by atoms with Crippen molar-refractivity contribution in [2.24, 2.45) is 0 Å². The van der Waals surface area contributed by atoms with Gasteiger partial charge in [-0.3, -0.25) is 0 Å². The quantitative estimate of drug-likeness (QED) is 0.871. The third-order valence-corrected chi connectivity index (χ3v) is 1.81. The Morgan fingerprint density at radius 3 is 2.41 bits per heavy atom. The molecule has 0 radical (unpaired) electrons. The highest BCUT2D eigenvalue weighted by atomic mass is 19.4. The first-order valence-electron chi connectivity index (χ1n) is 4.47. The molecule has 0 aliphatic rings. The van der Waals surface area contributed by atoms with Crippen LogP contribution in [0.4, 0.5) is 24.7 Å². The Morgan fingerprint density at radius 2 is 1.76 bits per heavy atom. The summed E-state index contributed by atoms with van der Waals surface area (Å²) < 4.78 is 37.2. The number of hydrogen-bond acceptors (Lipinski definition) is 5. The van der Waals surface area contributed by atoms with Gasteiger partial charge in [-0.2, -0.15) is 18.3 Å². The van der Waals surface area contributed by atoms with Crippen molar-refractivity contribution in [1.82, 2.24) is 20.2 Å². The number of aromatic nitrogens is 4. The molecule has 0 amide bonds. The Bertz CT molecular complexity index is 499. The predicted molar refractivity (Wildman–Crippen MR) is 52.3 cm³/mol. The second-order valence-corrected chi connectivity index (χ2v) is 3.08. The topological polar surface area (TPSA) is 63.6 Å². The highest BCUT2D eigenvalue weighted by molar-refractivity contribution is 5.53. The van der Waals surface area contributed by atoms with Gasteiger partial charge in [0.1, 0.15) is 6.33 Å². The number of anilines is 2. The van der Waals surface area contributed by atoms with Crippen molar-refractivity contribution in [2.45, 2.75) is 6.18 Å². The second kappa shape index (κ2) is 4.32. The zero-order valence-electron chi connectivity index (χ0n) is 8.31. The molecule has 1 N–H and O–H groups in total. The maximum atomic E-state index is 12.4. The predicted octanol–water partition coefficient (Wildman–Crippen LogP) is 2.03. The van der Waals surface area contributed by atoms with Crippen molar-refractivity contribution in [3.8, 4) is 0 Å². The van der Waals surface area contributed by atoms with Gasteiger partial charge in [0.25, 0.3) is 0 Å². The molecule has 17 heavy (non-hydrogen) atoms. The molecule has 0 aromatic carbocycles. The van der Waals surface area contributed by atoms with E-state index in [9.17, 15) is 13.2 Å². The van der Waals surface area contributed by atoms with E-state index in [1.165, 1.54) is 18.7 Å². The lowest BCUT2D eigenvalue weighted by Gasteiger charge is -2.08. The Hall–Kier alpha value is -2.25. The van der Waals surface area contributed by atoms with E-state index in [0.29, 0.717) is 11.9 Å². The Kier molecular flexibility index (Phi) is 2.86. The molecule has 0 aliphatic heterocycles. The molecular weight excluding hydrogens is 235 g/mol. The van der Waals surface area contributed by atoms with Gasteiger partial charge in [0.15, 0.2) is 5.82 Å². The van der Waals surface area contributed by atoms with Crippen LogP contribution in [0.15, 0.2) is 31.0 Å². The van der Waals surface area contributed by atoms with Crippen LogP contribution in [-0.2, 0) is 6.18 Å². The van der Waals surface area contributed by atoms with Crippen LogP contribution in [0.3, 0.4) is 0 Å². The molecule has 0 saturated carbocycles. The zero-order chi connectivity index (χ0) is 12.3. The zero-order valence-corrected chi connectivity index (χ0v) is 8.31. The first kappa shape index (κ1) is 11.2. The van der Waals surface area contributed by atoms with E-state index in [1.807, 2.05) is 0 Å². The number of nitrogens with zero attached hydrogens (tertiary/aromatic N) is 4. The van der Waals surface area contributed by atoms with Crippen LogP contribution in [-0.4, -0.2) is 20.2 Å². The number of rotatable bonds is 2. The second-order valence-electron chi connectivity index (χ2n) is 3.08. The molecule has 0 fully saturated rings. The molecule has 0 unspecified atom stereocenters. The molecule has 2 aromatic heterocycles. The lowest BCUT2D eigenvalue weighted by atomic mass is 10.3. The lowest BCUT2D eigenvalue weighted by molar-refractivity contribution is -0.137. The summed E-state index contributed by atoms with van der Waals surface area (Å²) in [4.78, 5) is 7.42. The molecule has 2 aromatic rings. The summed E-state index contributed by atoms with van der Waals surface area (Å²) in [6, 6.07) is 0.861. The molecule has 0 saturated heterocycles. The molecule has 88 valence electrons. The van der Waals surface area contributed by atoms with E-state index in [-0.39, 0.29) is 5.82 Å². The fourth-order valence-electron chi connectivity index (χ4n) is 1.09. The molecule has 5 nitrogen and oxygen atoms in total. The average Bonchev–Trinajstić information content (AvgIpc) is 2.29. The maximum Gasteiger partial charge on any atom is 0.418 e. The van der Waals surface area contributed by atoms with Gasteiger partial charge in [-0.25, -0.2) is 9.97 Å². The number of nitrogens with one attached hydrogen (secondary N) is 1. The highest BCUT2D eigenvalue weighted by Crippen LogP contribution is 2.29. The SMILES string of the molecule is FC(F)(F)c1cnnc(Nc2cncnc2)c1. The van der Waals surface area contributed by atoms with E-state index in [1.54, 1.807) is 0 Å². The summed E-state index contributed by atoms with van der Waals surface area (Å²) in [6.45, 7) is 0. The van der Waals surface area contributed by atoms with Gasteiger partial charge < -0.3 is 5.32 Å². The third kappa shape index (κ3) is 2.86. The minimum Gasteiger partial charge on any atom is -0.336 e. The standard InChI is InChI=1S/C9H6F3N5/c10-9(11,12)6-1-8(17-15-2-6)16-7-3-13-5-14-4-7/h1-5H,(H,16,17). The Balaban J connectivity index is 2.23. The van der Waals surface area contributed by atoms with Crippen molar-refractivity contribution >= 4 is 11.5 Å². The molecule has 0 bridgehead atoms. The lowest BCUT2D eigenvalue weighted by Crippen LogP contribution is -2.07. The van der Waals surface area contributed by atoms with Crippen molar-refractivity contribution in [1.29, 1.82) is 0 Å². The number of alkyl halides is 3. The van der Waals surface area contributed by atoms with Crippen LogP contribution in [0.1, 0.15) is 5.56 Å². The van der Waals surface area contributed by atoms with Gasteiger partial charge in [0.05, 0.1) is 29.8 Å². The molecule has 2 rings (SSSR count). The van der Waals surface area contributed by atoms with Crippen LogP contribution < -0.4 is 5.32 Å². The van der Waals surface area contributed by atoms with Crippen LogP contribution in [0, 0.1) is 0 Å². The van der Waals surface area contributed by atoms with Crippen LogP contribution in [0.25, 0.3) is 0 Å². The minimum absolute atomic E-state index is 0.0189. The van der Waals surface area contributed by atoms with Gasteiger partial charge >= 0.3 is 6.18 Å². The fourth-order valence-corrected chi connectivity index (χ4v) is 1.09. The van der Waals surface area contributed by atoms with E-state index in [4.69, 9.17) is 0 Å². The summed E-state index contributed by atoms with van der Waals surface area (Å²) in [5, 5.41) is 9.42. The first-order chi connectivity index (χ1) is 8.05. The normalized spacial score (nSPS) is 11.2. The largest absolute Gasteiger partial charge is 0.418 e. The first-order valence-corrected chi connectivity index (χ1v) is 4.47. The van der Waals surface area contributed by atoms with Crippen molar-refractivity contribution in [2.75, 3.05) is 5.32 Å². The van der Waals surface area contributed by atoms with E-state index in [0.717, 1.165) is 6.07 Å². The highest BCUT2D eigenvalue weighted by Gasteiger charge is 2.31. The van der Waals surface area contributed by atoms with Gasteiger partial charge in [0, 0.05) is 0 Å². The molecule has 0 atom stereocenters. The molecular formula is C9H6F3N5. The molecule has 0 aliphatic carbocycles. The third-order valence-electron chi connectivity index (χ3n) is 1.81. The smallest absolute Gasteiger partial charge is 0.336 e. The monoisotopic (exact) mass is 241 g/mol. The summed E-state index contributed by atoms with van der Waals surface area (Å²) in [5.41, 5.74) is -0.437. The minimum atomic E-state index is -4.44. The summed E-state index contributed by atoms with van der Waals surface area (Å²) in [5.74, 6) is -0.0189. The average molecular weight is 241 g/mol. The van der Waals surface area contributed by atoms with Crippen molar-refractivity contribution in [3.63, 3.8) is 0 Å². The van der Waals surface area contributed by atoms with E-state index >= 15 is 0 Å². The van der Waals surface area contributed by atoms with Crippen LogP contribution in [0.5, 0.6) is 0 Å². The Morgan fingerprint density at radius 1 is 1.06 bits per heavy atom. The van der Waals surface area contributed by atoms with Gasteiger partial charge in [-0.05, 0) is 6.07 Å². The van der Waals surface area contributed by atoms with Crippen molar-refractivity contribution < 1.29 is 13.2 Å². The molecule has 2 heterocycles. The van der Waals surface area contributed by atoms with E-state index in [2.05, 4.69) is 25.5 Å². The van der Waals surface area contributed by atoms with Gasteiger partial charge in [0.2, 0.25) is 0 Å². The number of halogens is 3. The fraction of sp³-hybridized carbons (Fsp3) is 0.111. The van der Waals surface area contributed by atoms with Crippen molar-refractivity contribution in [3.05, 3.63) is 36.5 Å². The summed E-state index contributed by atoms with van der Waals surface area (Å²) in [7, 11) is 0. The Labute approximate surface area is 93.7 Å². The molecule has 0 spiro atoms. The van der Waals surface area contributed by atoms with Crippen LogP contribution >= 0.6 is 0 Å². The van der Waals surface area contributed by atoms with Gasteiger partial charge in [-0.15, -0.1) is 5.10 Å². The van der Waals surface area contributed by atoms with Crippen LogP contribution in [0.2, 0.25) is 0 Å². The number of hydrogen-bond donors (Lipinski definition) is 1. The van der Waals surface area contributed by atoms with Gasteiger partial charge in [-0.1, -0.05) is 0 Å².